The van der Waals surface area contributed by atoms with E-state index >= 15 is 0 Å². The van der Waals surface area contributed by atoms with Gasteiger partial charge in [-0.25, -0.2) is 0 Å². The molecule has 0 aliphatic rings. The Labute approximate surface area is 177 Å². The highest BCUT2D eigenvalue weighted by atomic mass is 16.1. The number of carbonyl (C=O) groups excluding carboxylic acids is 1. The Bertz CT molecular complexity index is 1160. The van der Waals surface area contributed by atoms with Crippen LogP contribution in [0.15, 0.2) is 67.0 Å². The number of fused-ring (bicyclic) bond motifs is 1. The van der Waals surface area contributed by atoms with Crippen LogP contribution in [-0.4, -0.2) is 15.9 Å². The van der Waals surface area contributed by atoms with Gasteiger partial charge in [0.25, 0.3) is 0 Å². The predicted molar refractivity (Wildman–Crippen MR) is 123 cm³/mol. The third kappa shape index (κ3) is 4.13. The molecule has 0 fully saturated rings. The maximum absolute atomic E-state index is 12.8. The lowest BCUT2D eigenvalue weighted by Crippen LogP contribution is -2.15. The summed E-state index contributed by atoms with van der Waals surface area (Å²) in [5.41, 5.74) is 7.90. The van der Waals surface area contributed by atoms with Crippen molar-refractivity contribution in [1.82, 2.24) is 9.97 Å². The summed E-state index contributed by atoms with van der Waals surface area (Å²) in [6.45, 7) is 6.51. The second-order valence-corrected chi connectivity index (χ2v) is 8.06. The molecule has 2 heterocycles. The van der Waals surface area contributed by atoms with Crippen molar-refractivity contribution in [1.29, 1.82) is 0 Å². The lowest BCUT2D eigenvalue weighted by Gasteiger charge is -2.16. The van der Waals surface area contributed by atoms with Gasteiger partial charge in [0.2, 0.25) is 5.91 Å². The van der Waals surface area contributed by atoms with E-state index in [-0.39, 0.29) is 5.91 Å². The van der Waals surface area contributed by atoms with Crippen molar-refractivity contribution < 1.29 is 4.79 Å². The second-order valence-electron chi connectivity index (χ2n) is 8.06. The van der Waals surface area contributed by atoms with Gasteiger partial charge in [0.15, 0.2) is 0 Å². The maximum atomic E-state index is 12.8. The zero-order chi connectivity index (χ0) is 21.1. The van der Waals surface area contributed by atoms with Gasteiger partial charge in [-0.15, -0.1) is 0 Å². The third-order valence-corrected chi connectivity index (χ3v) is 5.57. The third-order valence-electron chi connectivity index (χ3n) is 5.57. The van der Waals surface area contributed by atoms with E-state index in [4.69, 9.17) is 0 Å². The molecule has 4 aromatic rings. The molecule has 0 spiro atoms. The van der Waals surface area contributed by atoms with Crippen LogP contribution in [0.2, 0.25) is 0 Å². The number of amides is 1. The quantitative estimate of drug-likeness (QED) is 0.434. The smallest absolute Gasteiger partial charge is 0.228 e. The molecule has 0 unspecified atom stereocenters. The van der Waals surface area contributed by atoms with Crippen molar-refractivity contribution in [3.05, 3.63) is 94.9 Å². The first-order chi connectivity index (χ1) is 14.5. The van der Waals surface area contributed by atoms with Gasteiger partial charge in [0.1, 0.15) is 0 Å². The number of nitrogens with one attached hydrogen (secondary N) is 2. The number of H-pyrrole nitrogens is 1. The maximum Gasteiger partial charge on any atom is 0.228 e. The number of anilines is 1. The lowest BCUT2D eigenvalue weighted by molar-refractivity contribution is -0.115. The number of aromatic amines is 1. The number of aromatic nitrogens is 2. The zero-order valence-electron chi connectivity index (χ0n) is 17.7. The van der Waals surface area contributed by atoms with E-state index in [9.17, 15) is 4.79 Å². The molecule has 1 amide bonds. The molecule has 4 heteroatoms. The minimum Gasteiger partial charge on any atom is -0.358 e. The van der Waals surface area contributed by atoms with E-state index in [1.54, 1.807) is 24.5 Å². The number of hydrogen-bond donors (Lipinski definition) is 2. The van der Waals surface area contributed by atoms with E-state index in [1.807, 2.05) is 6.07 Å². The number of aryl methyl sites for hydroxylation is 1. The van der Waals surface area contributed by atoms with Gasteiger partial charge in [0, 0.05) is 34.7 Å². The molecule has 30 heavy (non-hydrogen) atoms. The summed E-state index contributed by atoms with van der Waals surface area (Å²) in [4.78, 5) is 20.3. The SMILES string of the molecule is Cc1[nH]c2ccc(C(C)C)c(Cc3ccccc3)c2c1CC(=O)Nc1ccncc1. The number of benzene rings is 2. The molecular formula is C26H27N3O. The average Bonchev–Trinajstić information content (AvgIpc) is 3.05. The van der Waals surface area contributed by atoms with Crippen molar-refractivity contribution in [3.8, 4) is 0 Å². The second kappa shape index (κ2) is 8.54. The summed E-state index contributed by atoms with van der Waals surface area (Å²) in [6, 6.07) is 18.5. The van der Waals surface area contributed by atoms with E-state index in [1.165, 1.54) is 22.1 Å². The highest BCUT2D eigenvalue weighted by molar-refractivity contribution is 5.97. The normalized spacial score (nSPS) is 11.2. The molecule has 4 rings (SSSR count). The fourth-order valence-corrected chi connectivity index (χ4v) is 4.13. The van der Waals surface area contributed by atoms with E-state index in [0.29, 0.717) is 12.3 Å². The summed E-state index contributed by atoms with van der Waals surface area (Å²) in [6.07, 6.45) is 4.54. The number of carbonyl (C=O) groups is 1. The minimum atomic E-state index is -0.0224. The van der Waals surface area contributed by atoms with Crippen LogP contribution >= 0.6 is 0 Å². The van der Waals surface area contributed by atoms with Gasteiger partial charge in [-0.05, 0) is 59.7 Å². The molecule has 0 aliphatic heterocycles. The van der Waals surface area contributed by atoms with Gasteiger partial charge in [-0.3, -0.25) is 9.78 Å². The molecule has 152 valence electrons. The fourth-order valence-electron chi connectivity index (χ4n) is 4.13. The molecule has 2 aromatic carbocycles. The molecule has 0 radical (unpaired) electrons. The number of nitrogens with zero attached hydrogens (tertiary/aromatic N) is 1. The Morgan fingerprint density at radius 3 is 2.43 bits per heavy atom. The van der Waals surface area contributed by atoms with E-state index in [0.717, 1.165) is 28.9 Å². The Morgan fingerprint density at radius 1 is 1.00 bits per heavy atom. The van der Waals surface area contributed by atoms with Gasteiger partial charge in [-0.2, -0.15) is 0 Å². The standard InChI is InChI=1S/C26H27N3O/c1-17(2)21-9-10-24-26(23(21)15-19-7-5-4-6-8-19)22(18(3)28-24)16-25(30)29-20-11-13-27-14-12-20/h4-14,17,28H,15-16H2,1-3H3,(H,27,29,30). The highest BCUT2D eigenvalue weighted by Gasteiger charge is 2.19. The number of pyridine rings is 1. The van der Waals surface area contributed by atoms with Crippen molar-refractivity contribution in [3.63, 3.8) is 0 Å². The van der Waals surface area contributed by atoms with Crippen LogP contribution in [-0.2, 0) is 17.6 Å². The number of hydrogen-bond acceptors (Lipinski definition) is 2. The summed E-state index contributed by atoms with van der Waals surface area (Å²) in [7, 11) is 0. The topological polar surface area (TPSA) is 57.8 Å². The van der Waals surface area contributed by atoms with Gasteiger partial charge >= 0.3 is 0 Å². The Morgan fingerprint density at radius 2 is 1.73 bits per heavy atom. The molecule has 0 saturated carbocycles. The van der Waals surface area contributed by atoms with Gasteiger partial charge < -0.3 is 10.3 Å². The van der Waals surface area contributed by atoms with Crippen molar-refractivity contribution >= 4 is 22.5 Å². The van der Waals surface area contributed by atoms with Crippen LogP contribution < -0.4 is 5.32 Å². The first-order valence-corrected chi connectivity index (χ1v) is 10.4. The molecule has 0 bridgehead atoms. The minimum absolute atomic E-state index is 0.0224. The van der Waals surface area contributed by atoms with Crippen LogP contribution in [0.1, 0.15) is 47.7 Å². The molecule has 2 aromatic heterocycles. The molecule has 2 N–H and O–H groups in total. The van der Waals surface area contributed by atoms with Crippen molar-refractivity contribution in [2.45, 2.75) is 39.5 Å². The summed E-state index contributed by atoms with van der Waals surface area (Å²) < 4.78 is 0. The predicted octanol–water partition coefficient (Wildman–Crippen LogP) is 5.77. The molecule has 0 atom stereocenters. The molecular weight excluding hydrogens is 370 g/mol. The summed E-state index contributed by atoms with van der Waals surface area (Å²) in [5.74, 6) is 0.382. The van der Waals surface area contributed by atoms with E-state index < -0.39 is 0 Å². The molecule has 0 aliphatic carbocycles. The molecule has 4 nitrogen and oxygen atoms in total. The summed E-state index contributed by atoms with van der Waals surface area (Å²) in [5, 5.41) is 4.17. The average molecular weight is 398 g/mol. The van der Waals surface area contributed by atoms with Crippen LogP contribution in [0.25, 0.3) is 10.9 Å². The summed E-state index contributed by atoms with van der Waals surface area (Å²) >= 11 is 0. The monoisotopic (exact) mass is 397 g/mol. The van der Waals surface area contributed by atoms with Gasteiger partial charge in [0.05, 0.1) is 6.42 Å². The van der Waals surface area contributed by atoms with Crippen LogP contribution in [0, 0.1) is 6.92 Å². The van der Waals surface area contributed by atoms with Crippen LogP contribution in [0.5, 0.6) is 0 Å². The number of rotatable bonds is 6. The lowest BCUT2D eigenvalue weighted by atomic mass is 9.88. The Balaban J connectivity index is 1.76. The Kier molecular flexibility index (Phi) is 5.66. The highest BCUT2D eigenvalue weighted by Crippen LogP contribution is 2.33. The van der Waals surface area contributed by atoms with Gasteiger partial charge in [-0.1, -0.05) is 50.2 Å². The van der Waals surface area contributed by atoms with Crippen molar-refractivity contribution in [2.24, 2.45) is 0 Å². The largest absolute Gasteiger partial charge is 0.358 e. The van der Waals surface area contributed by atoms with Crippen molar-refractivity contribution in [2.75, 3.05) is 5.32 Å². The zero-order valence-corrected chi connectivity index (χ0v) is 17.7. The molecule has 0 saturated heterocycles. The first-order valence-electron chi connectivity index (χ1n) is 10.4. The Hall–Kier alpha value is -3.40. The van der Waals surface area contributed by atoms with Crippen LogP contribution in [0.4, 0.5) is 5.69 Å². The fraction of sp³-hybridized carbons (Fsp3) is 0.231. The first kappa shape index (κ1) is 19.9. The van der Waals surface area contributed by atoms with Crippen LogP contribution in [0.3, 0.4) is 0 Å². The van der Waals surface area contributed by atoms with E-state index in [2.05, 4.69) is 72.5 Å².